The maximum Gasteiger partial charge on any atom is 0.0743 e. The van der Waals surface area contributed by atoms with Crippen LogP contribution in [0.5, 0.6) is 0 Å². The number of hydrogen-bond acceptors (Lipinski definition) is 2. The molecular formula is C6H6ClN2. The second-order valence-corrected chi connectivity index (χ2v) is 2.04. The van der Waals surface area contributed by atoms with Crippen molar-refractivity contribution in [2.24, 2.45) is 0 Å². The molecule has 47 valence electrons. The van der Waals surface area contributed by atoms with E-state index < -0.39 is 0 Å². The first-order valence-electron chi connectivity index (χ1n) is 2.43. The van der Waals surface area contributed by atoms with Crippen LogP contribution < -0.4 is 11.5 Å². The molecule has 0 amide bonds. The van der Waals surface area contributed by atoms with Gasteiger partial charge in [-0.2, -0.15) is 0 Å². The van der Waals surface area contributed by atoms with E-state index in [1.807, 2.05) is 0 Å². The number of benzene rings is 1. The van der Waals surface area contributed by atoms with Gasteiger partial charge in [-0.05, 0) is 6.07 Å². The molecule has 3 heteroatoms. The minimum absolute atomic E-state index is 0.384. The molecular weight excluding hydrogens is 136 g/mol. The van der Waals surface area contributed by atoms with Crippen molar-refractivity contribution in [1.82, 2.24) is 0 Å². The average molecular weight is 142 g/mol. The highest BCUT2D eigenvalue weighted by molar-refractivity contribution is 6.33. The highest BCUT2D eigenvalue weighted by atomic mass is 35.5. The largest absolute Gasteiger partial charge is 0.397 e. The predicted octanol–water partition coefficient (Wildman–Crippen LogP) is 1.30. The van der Waals surface area contributed by atoms with E-state index in [4.69, 9.17) is 23.1 Å². The highest BCUT2D eigenvalue weighted by Gasteiger charge is 1.96. The topological polar surface area (TPSA) is 52.0 Å². The smallest absolute Gasteiger partial charge is 0.0743 e. The van der Waals surface area contributed by atoms with Crippen LogP contribution in [0.3, 0.4) is 0 Å². The van der Waals surface area contributed by atoms with Gasteiger partial charge in [-0.15, -0.1) is 0 Å². The van der Waals surface area contributed by atoms with Gasteiger partial charge in [-0.25, -0.2) is 0 Å². The van der Waals surface area contributed by atoms with Crippen molar-refractivity contribution in [3.8, 4) is 0 Å². The molecule has 1 rings (SSSR count). The van der Waals surface area contributed by atoms with Crippen LogP contribution in [0.1, 0.15) is 0 Å². The van der Waals surface area contributed by atoms with Crippen LogP contribution in [-0.4, -0.2) is 0 Å². The van der Waals surface area contributed by atoms with Gasteiger partial charge in [0.1, 0.15) is 0 Å². The first-order chi connectivity index (χ1) is 4.22. The summed E-state index contributed by atoms with van der Waals surface area (Å²) in [4.78, 5) is 0. The molecule has 4 N–H and O–H groups in total. The monoisotopic (exact) mass is 141 g/mol. The lowest BCUT2D eigenvalue weighted by Crippen LogP contribution is -1.93. The Labute approximate surface area is 58.4 Å². The summed E-state index contributed by atoms with van der Waals surface area (Å²) in [6.07, 6.45) is 0. The van der Waals surface area contributed by atoms with Crippen molar-refractivity contribution in [1.29, 1.82) is 0 Å². The van der Waals surface area contributed by atoms with Crippen molar-refractivity contribution < 1.29 is 0 Å². The zero-order chi connectivity index (χ0) is 6.85. The maximum absolute atomic E-state index is 5.55. The van der Waals surface area contributed by atoms with Crippen molar-refractivity contribution >= 4 is 23.0 Å². The van der Waals surface area contributed by atoms with Crippen molar-refractivity contribution in [2.45, 2.75) is 0 Å². The molecule has 0 fully saturated rings. The van der Waals surface area contributed by atoms with Crippen LogP contribution in [0.4, 0.5) is 11.4 Å². The fourth-order valence-electron chi connectivity index (χ4n) is 0.499. The Kier molecular flexibility index (Phi) is 1.49. The number of anilines is 2. The standard InChI is InChI=1S/C6H6ClN2/c7-4-2-1-3-5(8)6(4)9/h1,3H,8-9H2. The second-order valence-electron chi connectivity index (χ2n) is 1.66. The summed E-state index contributed by atoms with van der Waals surface area (Å²) in [7, 11) is 0. The van der Waals surface area contributed by atoms with E-state index in [0.717, 1.165) is 0 Å². The second kappa shape index (κ2) is 2.15. The molecule has 0 aromatic heterocycles. The van der Waals surface area contributed by atoms with Crippen LogP contribution >= 0.6 is 11.6 Å². The first-order valence-corrected chi connectivity index (χ1v) is 2.80. The molecule has 0 saturated carbocycles. The summed E-state index contributed by atoms with van der Waals surface area (Å²) in [5, 5.41) is 0.384. The molecule has 0 aliphatic rings. The normalized spacial score (nSPS) is 9.44. The lowest BCUT2D eigenvalue weighted by Gasteiger charge is -1.98. The summed E-state index contributed by atoms with van der Waals surface area (Å²) in [6.45, 7) is 0. The van der Waals surface area contributed by atoms with Gasteiger partial charge in [-0.1, -0.05) is 17.7 Å². The summed E-state index contributed by atoms with van der Waals surface area (Å²) in [5.41, 5.74) is 11.7. The molecule has 2 nitrogen and oxygen atoms in total. The summed E-state index contributed by atoms with van der Waals surface area (Å²) in [6, 6.07) is 5.99. The Morgan fingerprint density at radius 3 is 2.56 bits per heavy atom. The Morgan fingerprint density at radius 2 is 2.11 bits per heavy atom. The van der Waals surface area contributed by atoms with E-state index in [-0.39, 0.29) is 0 Å². The van der Waals surface area contributed by atoms with Crippen LogP contribution in [0.25, 0.3) is 0 Å². The van der Waals surface area contributed by atoms with Crippen LogP contribution in [0, 0.1) is 6.07 Å². The predicted molar refractivity (Wildman–Crippen MR) is 39.1 cm³/mol. The Balaban J connectivity index is 3.25. The van der Waals surface area contributed by atoms with E-state index in [9.17, 15) is 0 Å². The number of nitrogen functional groups attached to an aromatic ring is 2. The summed E-state index contributed by atoms with van der Waals surface area (Å²) in [5.74, 6) is 0. The van der Waals surface area contributed by atoms with E-state index in [0.29, 0.717) is 16.4 Å². The fraction of sp³-hybridized carbons (Fsp3) is 0. The van der Waals surface area contributed by atoms with Crippen LogP contribution in [-0.2, 0) is 0 Å². The minimum Gasteiger partial charge on any atom is -0.397 e. The van der Waals surface area contributed by atoms with Crippen LogP contribution in [0.2, 0.25) is 5.02 Å². The first kappa shape index (κ1) is 6.23. The zero-order valence-corrected chi connectivity index (χ0v) is 5.44. The molecule has 0 atom stereocenters. The molecule has 0 spiro atoms. The van der Waals surface area contributed by atoms with Gasteiger partial charge in [0.25, 0.3) is 0 Å². The molecule has 9 heavy (non-hydrogen) atoms. The Hall–Kier alpha value is -0.890. The SMILES string of the molecule is Nc1cc[c]c(Cl)c1N. The third-order valence-corrected chi connectivity index (χ3v) is 1.33. The number of hydrogen-bond donors (Lipinski definition) is 2. The molecule has 0 unspecified atom stereocenters. The van der Waals surface area contributed by atoms with Gasteiger partial charge in [0.2, 0.25) is 0 Å². The van der Waals surface area contributed by atoms with Crippen molar-refractivity contribution in [2.75, 3.05) is 11.5 Å². The van der Waals surface area contributed by atoms with Gasteiger partial charge in [0.05, 0.1) is 16.4 Å². The van der Waals surface area contributed by atoms with Gasteiger partial charge in [0.15, 0.2) is 0 Å². The van der Waals surface area contributed by atoms with Crippen molar-refractivity contribution in [3.05, 3.63) is 23.2 Å². The number of nitrogens with two attached hydrogens (primary N) is 2. The van der Waals surface area contributed by atoms with Gasteiger partial charge in [0, 0.05) is 6.07 Å². The molecule has 1 aromatic rings. The number of halogens is 1. The lowest BCUT2D eigenvalue weighted by atomic mass is 10.3. The molecule has 0 saturated heterocycles. The van der Waals surface area contributed by atoms with E-state index in [2.05, 4.69) is 6.07 Å². The van der Waals surface area contributed by atoms with Gasteiger partial charge in [-0.3, -0.25) is 0 Å². The van der Waals surface area contributed by atoms with E-state index in [1.54, 1.807) is 12.1 Å². The van der Waals surface area contributed by atoms with Crippen LogP contribution in [0.15, 0.2) is 12.1 Å². The van der Waals surface area contributed by atoms with E-state index >= 15 is 0 Å². The van der Waals surface area contributed by atoms with Crippen molar-refractivity contribution in [3.63, 3.8) is 0 Å². The van der Waals surface area contributed by atoms with Gasteiger partial charge < -0.3 is 11.5 Å². The third kappa shape index (κ3) is 1.08. The van der Waals surface area contributed by atoms with Gasteiger partial charge >= 0.3 is 0 Å². The fourth-order valence-corrected chi connectivity index (χ4v) is 0.671. The molecule has 1 aromatic carbocycles. The zero-order valence-electron chi connectivity index (χ0n) is 4.69. The number of rotatable bonds is 0. The molecule has 0 heterocycles. The third-order valence-electron chi connectivity index (χ3n) is 1.02. The summed E-state index contributed by atoms with van der Waals surface area (Å²) < 4.78 is 0. The van der Waals surface area contributed by atoms with E-state index in [1.165, 1.54) is 0 Å². The molecule has 1 radical (unpaired) electrons. The average Bonchev–Trinajstić information content (AvgIpc) is 1.83. The molecule has 0 bridgehead atoms. The Bertz CT molecular complexity index is 202. The quantitative estimate of drug-likeness (QED) is 0.536. The Morgan fingerprint density at radius 1 is 1.44 bits per heavy atom. The highest BCUT2D eigenvalue weighted by Crippen LogP contribution is 2.22. The molecule has 0 aliphatic carbocycles. The maximum atomic E-state index is 5.55. The lowest BCUT2D eigenvalue weighted by molar-refractivity contribution is 1.65. The summed E-state index contributed by atoms with van der Waals surface area (Å²) >= 11 is 5.55. The molecule has 0 aliphatic heterocycles. The minimum atomic E-state index is 0.384.